The first-order chi connectivity index (χ1) is 12.6. The van der Waals surface area contributed by atoms with Gasteiger partial charge in [0, 0.05) is 6.54 Å². The van der Waals surface area contributed by atoms with Crippen molar-refractivity contribution in [3.05, 3.63) is 63.6 Å². The summed E-state index contributed by atoms with van der Waals surface area (Å²) in [5.41, 5.74) is 2.32. The van der Waals surface area contributed by atoms with Crippen LogP contribution < -0.4 is 9.62 Å². The Morgan fingerprint density at radius 1 is 1.15 bits per heavy atom. The highest BCUT2D eigenvalue weighted by Gasteiger charge is 2.31. The summed E-state index contributed by atoms with van der Waals surface area (Å²) in [6.07, 6.45) is 1.36. The van der Waals surface area contributed by atoms with Crippen LogP contribution in [-0.2, 0) is 21.4 Å². The fourth-order valence-electron chi connectivity index (χ4n) is 2.79. The first kappa shape index (κ1) is 21.5. The molecule has 2 rings (SSSR count). The summed E-state index contributed by atoms with van der Waals surface area (Å²) in [5, 5.41) is 3.37. The van der Waals surface area contributed by atoms with Gasteiger partial charge in [-0.05, 0) is 42.7 Å². The van der Waals surface area contributed by atoms with Crippen LogP contribution >= 0.6 is 23.2 Å². The van der Waals surface area contributed by atoms with Crippen LogP contribution in [0.4, 0.5) is 5.69 Å². The Hall–Kier alpha value is -1.76. The third-order valence-electron chi connectivity index (χ3n) is 4.20. The molecule has 5 nitrogen and oxygen atoms in total. The molecule has 1 N–H and O–H groups in total. The number of hydrogen-bond acceptors (Lipinski definition) is 3. The van der Waals surface area contributed by atoms with Gasteiger partial charge >= 0.3 is 0 Å². The molecule has 2 aromatic carbocycles. The van der Waals surface area contributed by atoms with E-state index in [-0.39, 0.29) is 10.9 Å². The predicted octanol–water partition coefficient (Wildman–Crippen LogP) is 4.16. The number of nitrogens with one attached hydrogen (secondary N) is 1. The smallest absolute Gasteiger partial charge is 0.244 e. The molecule has 2 aromatic rings. The molecular weight excluding hydrogens is 407 g/mol. The Kier molecular flexibility index (Phi) is 7.14. The van der Waals surface area contributed by atoms with Gasteiger partial charge in [0.05, 0.1) is 22.0 Å². The van der Waals surface area contributed by atoms with Gasteiger partial charge < -0.3 is 5.32 Å². The van der Waals surface area contributed by atoms with Crippen molar-refractivity contribution in [2.45, 2.75) is 32.9 Å². The molecule has 1 atom stereocenters. The van der Waals surface area contributed by atoms with Crippen molar-refractivity contribution in [3.63, 3.8) is 0 Å². The number of carbonyl (C=O) groups is 1. The van der Waals surface area contributed by atoms with Crippen LogP contribution in [0.1, 0.15) is 24.5 Å². The summed E-state index contributed by atoms with van der Waals surface area (Å²) in [4.78, 5) is 12.8. The van der Waals surface area contributed by atoms with Gasteiger partial charge in [-0.2, -0.15) is 0 Å². The number of halogens is 2. The van der Waals surface area contributed by atoms with E-state index >= 15 is 0 Å². The predicted molar refractivity (Wildman–Crippen MR) is 111 cm³/mol. The minimum Gasteiger partial charge on any atom is -0.350 e. The standard InChI is InChI=1S/C19H22Cl2N2O3S/c1-4-18(19(24)22-12-14-8-6-5-7-13(14)2)23(27(3,25)26)15-9-10-16(20)17(21)11-15/h5-11,18H,4,12H2,1-3H3,(H,22,24)/t18-/m0/s1. The van der Waals surface area contributed by atoms with Crippen LogP contribution in [0.25, 0.3) is 0 Å². The molecule has 0 fully saturated rings. The molecule has 1 amide bonds. The van der Waals surface area contributed by atoms with Crippen LogP contribution in [0.2, 0.25) is 10.0 Å². The largest absolute Gasteiger partial charge is 0.350 e. The van der Waals surface area contributed by atoms with Crippen LogP contribution in [-0.4, -0.2) is 26.6 Å². The molecule has 0 unspecified atom stereocenters. The summed E-state index contributed by atoms with van der Waals surface area (Å²) in [6.45, 7) is 4.03. The molecule has 8 heteroatoms. The van der Waals surface area contributed by atoms with E-state index in [4.69, 9.17) is 23.2 Å². The van der Waals surface area contributed by atoms with Crippen molar-refractivity contribution in [2.24, 2.45) is 0 Å². The molecule has 0 aliphatic heterocycles. The van der Waals surface area contributed by atoms with Gasteiger partial charge in [0.1, 0.15) is 6.04 Å². The third-order valence-corrected chi connectivity index (χ3v) is 6.12. The Balaban J connectivity index is 2.30. The van der Waals surface area contributed by atoms with E-state index < -0.39 is 16.1 Å². The zero-order chi connectivity index (χ0) is 20.2. The van der Waals surface area contributed by atoms with Crippen LogP contribution in [0, 0.1) is 6.92 Å². The summed E-state index contributed by atoms with van der Waals surface area (Å²) >= 11 is 12.0. The van der Waals surface area contributed by atoms with Gasteiger partial charge in [0.2, 0.25) is 15.9 Å². The highest BCUT2D eigenvalue weighted by atomic mass is 35.5. The van der Waals surface area contributed by atoms with E-state index in [2.05, 4.69) is 5.32 Å². The number of carbonyl (C=O) groups excluding carboxylic acids is 1. The molecule has 0 saturated heterocycles. The fourth-order valence-corrected chi connectivity index (χ4v) is 4.29. The van der Waals surface area contributed by atoms with E-state index in [1.54, 1.807) is 6.92 Å². The Morgan fingerprint density at radius 2 is 1.81 bits per heavy atom. The van der Waals surface area contributed by atoms with E-state index in [1.165, 1.54) is 18.2 Å². The van der Waals surface area contributed by atoms with Gasteiger partial charge in [-0.15, -0.1) is 0 Å². The maximum Gasteiger partial charge on any atom is 0.244 e. The summed E-state index contributed by atoms with van der Waals surface area (Å²) in [6, 6.07) is 11.3. The minimum absolute atomic E-state index is 0.220. The van der Waals surface area contributed by atoms with Crippen LogP contribution in [0.15, 0.2) is 42.5 Å². The van der Waals surface area contributed by atoms with E-state index in [0.717, 1.165) is 21.7 Å². The van der Waals surface area contributed by atoms with Crippen molar-refractivity contribution >= 4 is 44.8 Å². The normalized spacial score (nSPS) is 12.5. The average Bonchev–Trinajstić information content (AvgIpc) is 2.60. The molecule has 0 aliphatic carbocycles. The first-order valence-corrected chi connectivity index (χ1v) is 11.0. The summed E-state index contributed by atoms with van der Waals surface area (Å²) in [5.74, 6) is -0.378. The molecular formula is C19H22Cl2N2O3S. The van der Waals surface area contributed by atoms with Crippen LogP contribution in [0.5, 0.6) is 0 Å². The van der Waals surface area contributed by atoms with Crippen molar-refractivity contribution in [1.29, 1.82) is 0 Å². The quantitative estimate of drug-likeness (QED) is 0.719. The SMILES string of the molecule is CC[C@@H](C(=O)NCc1ccccc1C)N(c1ccc(Cl)c(Cl)c1)S(C)(=O)=O. The summed E-state index contributed by atoms with van der Waals surface area (Å²) in [7, 11) is -3.72. The van der Waals surface area contributed by atoms with Crippen LogP contribution in [0.3, 0.4) is 0 Å². The summed E-state index contributed by atoms with van der Waals surface area (Å²) < 4.78 is 25.9. The molecule has 27 heavy (non-hydrogen) atoms. The maximum atomic E-state index is 12.8. The van der Waals surface area contributed by atoms with Crippen molar-refractivity contribution in [1.82, 2.24) is 5.32 Å². The Morgan fingerprint density at radius 3 is 2.37 bits per heavy atom. The van der Waals surface area contributed by atoms with Gasteiger partial charge in [-0.1, -0.05) is 54.4 Å². The van der Waals surface area contributed by atoms with E-state index in [9.17, 15) is 13.2 Å². The van der Waals surface area contributed by atoms with Crippen molar-refractivity contribution in [3.8, 4) is 0 Å². The molecule has 0 radical (unpaired) electrons. The van der Waals surface area contributed by atoms with E-state index in [0.29, 0.717) is 23.7 Å². The number of sulfonamides is 1. The van der Waals surface area contributed by atoms with Gasteiger partial charge in [0.25, 0.3) is 0 Å². The molecule has 0 saturated carbocycles. The number of anilines is 1. The fraction of sp³-hybridized carbons (Fsp3) is 0.316. The molecule has 0 spiro atoms. The topological polar surface area (TPSA) is 66.5 Å². The zero-order valence-corrected chi connectivity index (χ0v) is 17.7. The monoisotopic (exact) mass is 428 g/mol. The maximum absolute atomic E-state index is 12.8. The molecule has 0 heterocycles. The van der Waals surface area contributed by atoms with Gasteiger partial charge in [-0.25, -0.2) is 8.42 Å². The lowest BCUT2D eigenvalue weighted by molar-refractivity contribution is -0.122. The number of nitrogens with zero attached hydrogens (tertiary/aromatic N) is 1. The number of aryl methyl sites for hydroxylation is 1. The second-order valence-electron chi connectivity index (χ2n) is 6.23. The van der Waals surface area contributed by atoms with Crippen molar-refractivity contribution in [2.75, 3.05) is 10.6 Å². The molecule has 0 bridgehead atoms. The van der Waals surface area contributed by atoms with Gasteiger partial charge in [0.15, 0.2) is 0 Å². The second kappa shape index (κ2) is 8.95. The second-order valence-corrected chi connectivity index (χ2v) is 8.90. The lowest BCUT2D eigenvalue weighted by Gasteiger charge is -2.30. The number of amides is 1. The third kappa shape index (κ3) is 5.37. The molecule has 146 valence electrons. The number of rotatable bonds is 7. The Bertz CT molecular complexity index is 932. The highest BCUT2D eigenvalue weighted by Crippen LogP contribution is 2.30. The van der Waals surface area contributed by atoms with Crippen molar-refractivity contribution < 1.29 is 13.2 Å². The average molecular weight is 429 g/mol. The molecule has 0 aliphatic rings. The zero-order valence-electron chi connectivity index (χ0n) is 15.4. The lowest BCUT2D eigenvalue weighted by atomic mass is 10.1. The number of hydrogen-bond donors (Lipinski definition) is 1. The van der Waals surface area contributed by atoms with Gasteiger partial charge in [-0.3, -0.25) is 9.10 Å². The lowest BCUT2D eigenvalue weighted by Crippen LogP contribution is -2.49. The Labute approximate surface area is 170 Å². The number of benzene rings is 2. The molecule has 0 aromatic heterocycles. The highest BCUT2D eigenvalue weighted by molar-refractivity contribution is 7.92. The minimum atomic E-state index is -3.72. The first-order valence-electron chi connectivity index (χ1n) is 8.41. The van der Waals surface area contributed by atoms with E-state index in [1.807, 2.05) is 31.2 Å².